The number of alkyl halides is 1. The predicted molar refractivity (Wildman–Crippen MR) is 51.0 cm³/mol. The molecule has 1 heterocycles. The Labute approximate surface area is 79.7 Å². The highest BCUT2D eigenvalue weighted by atomic mass is 35.5. The van der Waals surface area contributed by atoms with Gasteiger partial charge in [-0.1, -0.05) is 12.1 Å². The van der Waals surface area contributed by atoms with E-state index in [9.17, 15) is 4.79 Å². The first-order valence-electron chi connectivity index (χ1n) is 3.84. The molecule has 0 saturated carbocycles. The maximum atomic E-state index is 10.4. The molecule has 0 atom stereocenters. The van der Waals surface area contributed by atoms with E-state index in [-0.39, 0.29) is 0 Å². The van der Waals surface area contributed by atoms with Gasteiger partial charge in [0.2, 0.25) is 0 Å². The SMILES string of the molecule is O=Cc1nc2c(CCl)cccc2[nH]1. The van der Waals surface area contributed by atoms with E-state index in [0.29, 0.717) is 18.0 Å². The van der Waals surface area contributed by atoms with Crippen molar-refractivity contribution in [2.45, 2.75) is 5.88 Å². The molecule has 0 bridgehead atoms. The summed E-state index contributed by atoms with van der Waals surface area (Å²) in [6.45, 7) is 0. The first-order chi connectivity index (χ1) is 6.35. The first kappa shape index (κ1) is 8.26. The molecule has 0 radical (unpaired) electrons. The minimum Gasteiger partial charge on any atom is -0.336 e. The Morgan fingerprint density at radius 1 is 1.54 bits per heavy atom. The summed E-state index contributed by atoms with van der Waals surface area (Å²) in [5, 5.41) is 0. The van der Waals surface area contributed by atoms with Crippen molar-refractivity contribution in [1.29, 1.82) is 0 Å². The van der Waals surface area contributed by atoms with E-state index in [0.717, 1.165) is 16.6 Å². The molecule has 1 aromatic carbocycles. The van der Waals surface area contributed by atoms with Crippen LogP contribution >= 0.6 is 11.6 Å². The van der Waals surface area contributed by atoms with Crippen LogP contribution in [0.4, 0.5) is 0 Å². The van der Waals surface area contributed by atoms with Crippen LogP contribution in [0.2, 0.25) is 0 Å². The second-order valence-electron chi connectivity index (χ2n) is 2.69. The van der Waals surface area contributed by atoms with Crippen molar-refractivity contribution in [2.24, 2.45) is 0 Å². The van der Waals surface area contributed by atoms with Gasteiger partial charge in [0.1, 0.15) is 0 Å². The van der Waals surface area contributed by atoms with Crippen molar-refractivity contribution in [1.82, 2.24) is 9.97 Å². The molecule has 0 aliphatic rings. The molecule has 0 aliphatic carbocycles. The van der Waals surface area contributed by atoms with Gasteiger partial charge in [-0.25, -0.2) is 4.98 Å². The average Bonchev–Trinajstić information content (AvgIpc) is 2.59. The summed E-state index contributed by atoms with van der Waals surface area (Å²) in [7, 11) is 0. The quantitative estimate of drug-likeness (QED) is 0.588. The summed E-state index contributed by atoms with van der Waals surface area (Å²) >= 11 is 5.72. The fourth-order valence-corrected chi connectivity index (χ4v) is 1.49. The van der Waals surface area contributed by atoms with E-state index >= 15 is 0 Å². The smallest absolute Gasteiger partial charge is 0.185 e. The second-order valence-corrected chi connectivity index (χ2v) is 2.95. The average molecular weight is 195 g/mol. The Bertz CT molecular complexity index is 450. The Morgan fingerprint density at radius 2 is 2.38 bits per heavy atom. The van der Waals surface area contributed by atoms with Crippen LogP contribution in [0.1, 0.15) is 16.2 Å². The Morgan fingerprint density at radius 3 is 3.08 bits per heavy atom. The number of H-pyrrole nitrogens is 1. The normalized spacial score (nSPS) is 10.5. The van der Waals surface area contributed by atoms with Gasteiger partial charge in [-0.15, -0.1) is 11.6 Å². The van der Waals surface area contributed by atoms with Crippen LogP contribution < -0.4 is 0 Å². The number of aldehydes is 1. The number of hydrogen-bond donors (Lipinski definition) is 1. The van der Waals surface area contributed by atoms with Crippen molar-refractivity contribution in [3.8, 4) is 0 Å². The minimum atomic E-state index is 0.340. The van der Waals surface area contributed by atoms with Gasteiger partial charge < -0.3 is 4.98 Å². The molecular formula is C9H7ClN2O. The van der Waals surface area contributed by atoms with E-state index in [1.807, 2.05) is 18.2 Å². The van der Waals surface area contributed by atoms with Crippen LogP contribution in [-0.2, 0) is 5.88 Å². The zero-order chi connectivity index (χ0) is 9.26. The number of imidazole rings is 1. The van der Waals surface area contributed by atoms with Crippen molar-refractivity contribution >= 4 is 28.9 Å². The number of nitrogens with zero attached hydrogens (tertiary/aromatic N) is 1. The lowest BCUT2D eigenvalue weighted by molar-refractivity contribution is 0.111. The third-order valence-electron chi connectivity index (χ3n) is 1.87. The summed E-state index contributed by atoms with van der Waals surface area (Å²) in [4.78, 5) is 17.4. The molecule has 13 heavy (non-hydrogen) atoms. The molecule has 0 unspecified atom stereocenters. The van der Waals surface area contributed by atoms with Crippen LogP contribution in [0.3, 0.4) is 0 Å². The van der Waals surface area contributed by atoms with E-state index in [2.05, 4.69) is 9.97 Å². The van der Waals surface area contributed by atoms with E-state index in [1.54, 1.807) is 0 Å². The minimum absolute atomic E-state index is 0.340. The standard InChI is InChI=1S/C9H7ClN2O/c10-4-6-2-1-3-7-9(6)12-8(5-13)11-7/h1-3,5H,4H2,(H,11,12). The topological polar surface area (TPSA) is 45.8 Å². The van der Waals surface area contributed by atoms with E-state index in [1.165, 1.54) is 0 Å². The number of carbonyl (C=O) groups excluding carboxylic acids is 1. The van der Waals surface area contributed by atoms with Gasteiger partial charge >= 0.3 is 0 Å². The molecule has 0 amide bonds. The maximum Gasteiger partial charge on any atom is 0.185 e. The van der Waals surface area contributed by atoms with E-state index < -0.39 is 0 Å². The van der Waals surface area contributed by atoms with Gasteiger partial charge in [0.25, 0.3) is 0 Å². The Hall–Kier alpha value is -1.35. The van der Waals surface area contributed by atoms with Crippen molar-refractivity contribution in [2.75, 3.05) is 0 Å². The first-order valence-corrected chi connectivity index (χ1v) is 4.37. The van der Waals surface area contributed by atoms with E-state index in [4.69, 9.17) is 11.6 Å². The van der Waals surface area contributed by atoms with Crippen LogP contribution in [0.25, 0.3) is 11.0 Å². The lowest BCUT2D eigenvalue weighted by Crippen LogP contribution is -1.81. The third kappa shape index (κ3) is 1.31. The molecule has 0 spiro atoms. The number of rotatable bonds is 2. The zero-order valence-corrected chi connectivity index (χ0v) is 7.51. The Balaban J connectivity index is 2.74. The molecule has 1 aromatic heterocycles. The number of aromatic nitrogens is 2. The number of nitrogens with one attached hydrogen (secondary N) is 1. The lowest BCUT2D eigenvalue weighted by Gasteiger charge is -1.93. The van der Waals surface area contributed by atoms with Gasteiger partial charge in [0.05, 0.1) is 11.0 Å². The summed E-state index contributed by atoms with van der Waals surface area (Å²) in [6.07, 6.45) is 0.692. The molecule has 0 aliphatic heterocycles. The molecule has 4 heteroatoms. The summed E-state index contributed by atoms with van der Waals surface area (Å²) in [6, 6.07) is 5.64. The number of aromatic amines is 1. The number of fused-ring (bicyclic) bond motifs is 1. The largest absolute Gasteiger partial charge is 0.336 e. The number of hydrogen-bond acceptors (Lipinski definition) is 2. The summed E-state index contributed by atoms with van der Waals surface area (Å²) in [5.74, 6) is 0.744. The number of para-hydroxylation sites is 1. The fourth-order valence-electron chi connectivity index (χ4n) is 1.27. The second kappa shape index (κ2) is 3.18. The highest BCUT2D eigenvalue weighted by Gasteiger charge is 2.04. The fraction of sp³-hybridized carbons (Fsp3) is 0.111. The van der Waals surface area contributed by atoms with Gasteiger partial charge in [-0.05, 0) is 11.6 Å². The lowest BCUT2D eigenvalue weighted by atomic mass is 10.2. The highest BCUT2D eigenvalue weighted by molar-refractivity contribution is 6.17. The van der Waals surface area contributed by atoms with Crippen LogP contribution in [-0.4, -0.2) is 16.3 Å². The Kier molecular flexibility index (Phi) is 2.02. The van der Waals surface area contributed by atoms with Crippen molar-refractivity contribution in [3.63, 3.8) is 0 Å². The molecule has 0 fully saturated rings. The zero-order valence-electron chi connectivity index (χ0n) is 6.75. The molecule has 2 rings (SSSR count). The number of halogens is 1. The molecule has 0 saturated heterocycles. The summed E-state index contributed by atoms with van der Waals surface area (Å²) < 4.78 is 0. The van der Waals surface area contributed by atoms with Gasteiger partial charge in [-0.3, -0.25) is 4.79 Å². The predicted octanol–water partition coefficient (Wildman–Crippen LogP) is 2.11. The van der Waals surface area contributed by atoms with Gasteiger partial charge in [0, 0.05) is 5.88 Å². The molecule has 2 aromatic rings. The molecule has 1 N–H and O–H groups in total. The molecule has 66 valence electrons. The van der Waals surface area contributed by atoms with Crippen molar-refractivity contribution < 1.29 is 4.79 Å². The molecule has 3 nitrogen and oxygen atoms in total. The van der Waals surface area contributed by atoms with Crippen LogP contribution in [0, 0.1) is 0 Å². The monoisotopic (exact) mass is 194 g/mol. The van der Waals surface area contributed by atoms with Crippen LogP contribution in [0.15, 0.2) is 18.2 Å². The van der Waals surface area contributed by atoms with Gasteiger partial charge in [0.15, 0.2) is 12.1 Å². The number of carbonyl (C=O) groups is 1. The van der Waals surface area contributed by atoms with Crippen LogP contribution in [0.5, 0.6) is 0 Å². The summed E-state index contributed by atoms with van der Waals surface area (Å²) in [5.41, 5.74) is 2.56. The third-order valence-corrected chi connectivity index (χ3v) is 2.16. The highest BCUT2D eigenvalue weighted by Crippen LogP contribution is 2.17. The van der Waals surface area contributed by atoms with Crippen molar-refractivity contribution in [3.05, 3.63) is 29.6 Å². The van der Waals surface area contributed by atoms with Gasteiger partial charge in [-0.2, -0.15) is 0 Å². The molecular weight excluding hydrogens is 188 g/mol. The maximum absolute atomic E-state index is 10.4. The number of benzene rings is 1.